The molecule has 1 aromatic carbocycles. The van der Waals surface area contributed by atoms with E-state index in [1.807, 2.05) is 36.9 Å². The third-order valence-electron chi connectivity index (χ3n) is 3.82. The minimum absolute atomic E-state index is 0.185. The van der Waals surface area contributed by atoms with Crippen LogP contribution in [0.15, 0.2) is 24.3 Å². The first-order valence-electron chi connectivity index (χ1n) is 7.72. The third-order valence-corrected chi connectivity index (χ3v) is 3.82. The Balaban J connectivity index is 0.000000956. The molecule has 1 aromatic rings. The summed E-state index contributed by atoms with van der Waals surface area (Å²) in [5.74, 6) is 0.185. The summed E-state index contributed by atoms with van der Waals surface area (Å²) in [4.78, 5) is 14.4. The highest BCUT2D eigenvalue weighted by Gasteiger charge is 2.27. The number of amides is 1. The summed E-state index contributed by atoms with van der Waals surface area (Å²) in [6, 6.07) is 8.01. The second-order valence-electron chi connectivity index (χ2n) is 5.73. The lowest BCUT2D eigenvalue weighted by atomic mass is 10.1. The van der Waals surface area contributed by atoms with Crippen molar-refractivity contribution in [2.24, 2.45) is 0 Å². The lowest BCUT2D eigenvalue weighted by Crippen LogP contribution is -2.56. The van der Waals surface area contributed by atoms with Gasteiger partial charge in [0.2, 0.25) is 0 Å². The van der Waals surface area contributed by atoms with Gasteiger partial charge in [0.15, 0.2) is 0 Å². The first-order chi connectivity index (χ1) is 9.52. The number of piperazine rings is 1. The van der Waals surface area contributed by atoms with Gasteiger partial charge in [0.05, 0.1) is 40.3 Å². The normalized spacial score (nSPS) is 17.1. The standard InChI is InChI=1S/C15H23N2O.C2H6/c1-4-13-6-5-7-14(12-13)15(18)16-8-10-17(2,3)11-9-16;1-2/h5-7,12H,4,8-11H2,1-3H3;1-2H3/q+1;. The largest absolute Gasteiger partial charge is 0.327 e. The van der Waals surface area contributed by atoms with Crippen molar-refractivity contribution in [3.8, 4) is 0 Å². The number of carbonyl (C=O) groups excluding carboxylic acids is 1. The minimum Gasteiger partial charge on any atom is -0.327 e. The number of hydrogen-bond acceptors (Lipinski definition) is 1. The van der Waals surface area contributed by atoms with Crippen LogP contribution in [0.4, 0.5) is 0 Å². The Morgan fingerprint density at radius 1 is 1.20 bits per heavy atom. The number of nitrogens with zero attached hydrogens (tertiary/aromatic N) is 2. The molecule has 0 atom stereocenters. The zero-order valence-electron chi connectivity index (χ0n) is 13.6. The van der Waals surface area contributed by atoms with Crippen molar-refractivity contribution in [2.75, 3.05) is 40.3 Å². The van der Waals surface area contributed by atoms with Crippen molar-refractivity contribution >= 4 is 5.91 Å². The van der Waals surface area contributed by atoms with Crippen molar-refractivity contribution in [1.29, 1.82) is 0 Å². The first-order valence-corrected chi connectivity index (χ1v) is 7.72. The van der Waals surface area contributed by atoms with E-state index < -0.39 is 0 Å². The van der Waals surface area contributed by atoms with Gasteiger partial charge >= 0.3 is 0 Å². The van der Waals surface area contributed by atoms with Gasteiger partial charge in [0.25, 0.3) is 5.91 Å². The zero-order chi connectivity index (χ0) is 15.2. The molecule has 1 heterocycles. The van der Waals surface area contributed by atoms with Crippen LogP contribution in [0.2, 0.25) is 0 Å². The van der Waals surface area contributed by atoms with Crippen LogP contribution in [0.3, 0.4) is 0 Å². The van der Waals surface area contributed by atoms with E-state index >= 15 is 0 Å². The summed E-state index contributed by atoms with van der Waals surface area (Å²) in [5.41, 5.74) is 2.07. The quantitative estimate of drug-likeness (QED) is 0.761. The predicted molar refractivity (Wildman–Crippen MR) is 84.9 cm³/mol. The highest BCUT2D eigenvalue weighted by atomic mass is 16.2. The van der Waals surface area contributed by atoms with Gasteiger partial charge in [-0.2, -0.15) is 0 Å². The van der Waals surface area contributed by atoms with E-state index in [0.29, 0.717) is 0 Å². The summed E-state index contributed by atoms with van der Waals surface area (Å²) in [6.07, 6.45) is 0.977. The molecule has 0 saturated carbocycles. The van der Waals surface area contributed by atoms with Gasteiger partial charge in [-0.05, 0) is 24.1 Å². The number of rotatable bonds is 2. The fourth-order valence-corrected chi connectivity index (χ4v) is 2.32. The number of quaternary nitrogens is 1. The summed E-state index contributed by atoms with van der Waals surface area (Å²) in [5, 5.41) is 0. The molecule has 1 fully saturated rings. The van der Waals surface area contributed by atoms with Gasteiger partial charge in [-0.1, -0.05) is 32.9 Å². The predicted octanol–water partition coefficient (Wildman–Crippen LogP) is 2.81. The van der Waals surface area contributed by atoms with Crippen LogP contribution in [0.25, 0.3) is 0 Å². The molecular formula is C17H29N2O+. The summed E-state index contributed by atoms with van der Waals surface area (Å²) >= 11 is 0. The molecule has 0 aliphatic carbocycles. The van der Waals surface area contributed by atoms with E-state index in [1.165, 1.54) is 5.56 Å². The van der Waals surface area contributed by atoms with E-state index in [2.05, 4.69) is 27.1 Å². The smallest absolute Gasteiger partial charge is 0.254 e. The van der Waals surface area contributed by atoms with Crippen molar-refractivity contribution in [1.82, 2.24) is 4.90 Å². The molecular weight excluding hydrogens is 248 g/mol. The molecule has 2 rings (SSSR count). The molecule has 112 valence electrons. The Morgan fingerprint density at radius 3 is 2.35 bits per heavy atom. The Labute approximate surface area is 123 Å². The zero-order valence-corrected chi connectivity index (χ0v) is 13.6. The Hall–Kier alpha value is -1.35. The van der Waals surface area contributed by atoms with Gasteiger partial charge in [0.1, 0.15) is 0 Å². The molecule has 0 N–H and O–H groups in total. The fraction of sp³-hybridized carbons (Fsp3) is 0.588. The maximum Gasteiger partial charge on any atom is 0.254 e. The average Bonchev–Trinajstić information content (AvgIpc) is 2.48. The Morgan fingerprint density at radius 2 is 1.80 bits per heavy atom. The van der Waals surface area contributed by atoms with Crippen molar-refractivity contribution in [2.45, 2.75) is 27.2 Å². The molecule has 3 heteroatoms. The van der Waals surface area contributed by atoms with E-state index in [9.17, 15) is 4.79 Å². The van der Waals surface area contributed by atoms with Crippen LogP contribution in [0, 0.1) is 0 Å². The molecule has 0 aromatic heterocycles. The van der Waals surface area contributed by atoms with Gasteiger partial charge < -0.3 is 9.38 Å². The molecule has 1 aliphatic heterocycles. The lowest BCUT2D eigenvalue weighted by Gasteiger charge is -2.39. The van der Waals surface area contributed by atoms with E-state index in [4.69, 9.17) is 0 Å². The second-order valence-corrected chi connectivity index (χ2v) is 5.73. The number of carbonyl (C=O) groups is 1. The molecule has 0 spiro atoms. The molecule has 1 saturated heterocycles. The SMILES string of the molecule is CC.CCc1cccc(C(=O)N2CC[N+](C)(C)CC2)c1. The van der Waals surface area contributed by atoms with E-state index in [-0.39, 0.29) is 5.91 Å². The molecule has 0 bridgehead atoms. The molecule has 1 aliphatic rings. The number of benzene rings is 1. The van der Waals surface area contributed by atoms with Crippen LogP contribution in [-0.2, 0) is 6.42 Å². The highest BCUT2D eigenvalue weighted by molar-refractivity contribution is 5.94. The molecule has 20 heavy (non-hydrogen) atoms. The Kier molecular flexibility index (Phi) is 6.21. The van der Waals surface area contributed by atoms with Crippen molar-refractivity contribution in [3.63, 3.8) is 0 Å². The summed E-state index contributed by atoms with van der Waals surface area (Å²) in [7, 11) is 4.44. The average molecular weight is 277 g/mol. The van der Waals surface area contributed by atoms with Crippen LogP contribution in [0.5, 0.6) is 0 Å². The maximum absolute atomic E-state index is 12.4. The van der Waals surface area contributed by atoms with Crippen molar-refractivity contribution in [3.05, 3.63) is 35.4 Å². The number of hydrogen-bond donors (Lipinski definition) is 0. The Bertz CT molecular complexity index is 430. The van der Waals surface area contributed by atoms with E-state index in [0.717, 1.165) is 42.6 Å². The molecule has 3 nitrogen and oxygen atoms in total. The number of likely N-dealkylation sites (N-methyl/N-ethyl adjacent to an activating group) is 1. The van der Waals surface area contributed by atoms with Crippen molar-refractivity contribution < 1.29 is 9.28 Å². The van der Waals surface area contributed by atoms with Crippen LogP contribution < -0.4 is 0 Å². The van der Waals surface area contributed by atoms with Gasteiger partial charge in [0, 0.05) is 5.56 Å². The maximum atomic E-state index is 12.4. The topological polar surface area (TPSA) is 20.3 Å². The number of aryl methyl sites for hydroxylation is 1. The van der Waals surface area contributed by atoms with Crippen LogP contribution in [-0.4, -0.2) is 55.6 Å². The van der Waals surface area contributed by atoms with Crippen LogP contribution in [0.1, 0.15) is 36.7 Å². The lowest BCUT2D eigenvalue weighted by molar-refractivity contribution is -0.894. The fourth-order valence-electron chi connectivity index (χ4n) is 2.32. The summed E-state index contributed by atoms with van der Waals surface area (Å²) in [6.45, 7) is 9.92. The van der Waals surface area contributed by atoms with Crippen LogP contribution >= 0.6 is 0 Å². The monoisotopic (exact) mass is 277 g/mol. The summed E-state index contributed by atoms with van der Waals surface area (Å²) < 4.78 is 1.01. The van der Waals surface area contributed by atoms with Gasteiger partial charge in [-0.3, -0.25) is 4.79 Å². The van der Waals surface area contributed by atoms with Gasteiger partial charge in [-0.15, -0.1) is 0 Å². The third kappa shape index (κ3) is 4.34. The first kappa shape index (κ1) is 16.7. The minimum atomic E-state index is 0.185. The molecule has 0 unspecified atom stereocenters. The second kappa shape index (κ2) is 7.44. The highest BCUT2D eigenvalue weighted by Crippen LogP contribution is 2.13. The van der Waals surface area contributed by atoms with E-state index in [1.54, 1.807) is 0 Å². The van der Waals surface area contributed by atoms with Gasteiger partial charge in [-0.25, -0.2) is 0 Å². The molecule has 0 radical (unpaired) electrons. The molecule has 1 amide bonds.